The summed E-state index contributed by atoms with van der Waals surface area (Å²) in [5.74, 6) is 0. The van der Waals surface area contributed by atoms with Crippen LogP contribution in [0.1, 0.15) is 5.56 Å². The molecule has 1 aromatic rings. The highest BCUT2D eigenvalue weighted by Crippen LogP contribution is 2.31. The third kappa shape index (κ3) is 2.39. The molecule has 7 heteroatoms. The number of halogens is 3. The summed E-state index contributed by atoms with van der Waals surface area (Å²) in [6.45, 7) is 0. The highest BCUT2D eigenvalue weighted by molar-refractivity contribution is 9.10. The summed E-state index contributed by atoms with van der Waals surface area (Å²) in [5.41, 5.74) is 0.122. The lowest BCUT2D eigenvalue weighted by molar-refractivity contribution is 0.609. The van der Waals surface area contributed by atoms with Crippen LogP contribution < -0.4 is 0 Å². The Labute approximate surface area is 98.8 Å². The van der Waals surface area contributed by atoms with Crippen LogP contribution in [-0.4, -0.2) is 8.42 Å². The third-order valence-corrected chi connectivity index (χ3v) is 4.07. The molecule has 0 bridgehead atoms. The number of benzene rings is 1. The van der Waals surface area contributed by atoms with Crippen LogP contribution in [0.15, 0.2) is 21.5 Å². The monoisotopic (exact) mass is 313 g/mol. The first kappa shape index (κ1) is 11.8. The molecule has 0 fully saturated rings. The van der Waals surface area contributed by atoms with Gasteiger partial charge in [0.05, 0.1) is 14.9 Å². The molecule has 0 heterocycles. The lowest BCUT2D eigenvalue weighted by Gasteiger charge is -2.02. The van der Waals surface area contributed by atoms with E-state index in [0.717, 1.165) is 0 Å². The molecule has 0 aromatic heterocycles. The van der Waals surface area contributed by atoms with Crippen molar-refractivity contribution in [2.75, 3.05) is 0 Å². The fourth-order valence-electron chi connectivity index (χ4n) is 0.823. The van der Waals surface area contributed by atoms with Gasteiger partial charge in [-0.3, -0.25) is 0 Å². The number of hydrogen-bond donors (Lipinski definition) is 0. The van der Waals surface area contributed by atoms with Crippen LogP contribution in [0, 0.1) is 11.3 Å². The van der Waals surface area contributed by atoms with Gasteiger partial charge in [-0.05, 0) is 28.1 Å². The van der Waals surface area contributed by atoms with Gasteiger partial charge in [0.15, 0.2) is 0 Å². The van der Waals surface area contributed by atoms with Crippen molar-refractivity contribution in [3.63, 3.8) is 0 Å². The van der Waals surface area contributed by atoms with Gasteiger partial charge < -0.3 is 0 Å². The Morgan fingerprint density at radius 2 is 2.00 bits per heavy atom. The van der Waals surface area contributed by atoms with E-state index in [1.807, 2.05) is 0 Å². The van der Waals surface area contributed by atoms with Crippen LogP contribution in [0.25, 0.3) is 0 Å². The Hall–Kier alpha value is -0.280. The SMILES string of the molecule is N#Cc1cc(Cl)cc(S(=O)(=O)Cl)c1Br. The molecule has 14 heavy (non-hydrogen) atoms. The van der Waals surface area contributed by atoms with Gasteiger partial charge in [-0.25, -0.2) is 8.42 Å². The molecule has 0 saturated carbocycles. The maximum atomic E-state index is 11.0. The second-order valence-corrected chi connectivity index (χ2v) is 6.08. The van der Waals surface area contributed by atoms with Crippen molar-refractivity contribution in [2.45, 2.75) is 4.90 Å². The van der Waals surface area contributed by atoms with Gasteiger partial charge in [0.1, 0.15) is 6.07 Å². The molecule has 0 radical (unpaired) electrons. The summed E-state index contributed by atoms with van der Waals surface area (Å²) in [7, 11) is 1.24. The molecular weight excluding hydrogens is 313 g/mol. The first-order chi connectivity index (χ1) is 6.36. The van der Waals surface area contributed by atoms with Crippen LogP contribution in [0.3, 0.4) is 0 Å². The van der Waals surface area contributed by atoms with Crippen LogP contribution in [0.2, 0.25) is 5.02 Å². The molecule has 1 aromatic carbocycles. The molecular formula is C7H2BrCl2NO2S. The summed E-state index contributed by atoms with van der Waals surface area (Å²) < 4.78 is 22.2. The van der Waals surface area contributed by atoms with Gasteiger partial charge in [0.25, 0.3) is 9.05 Å². The molecule has 3 nitrogen and oxygen atoms in total. The van der Waals surface area contributed by atoms with Crippen LogP contribution in [0.5, 0.6) is 0 Å². The van der Waals surface area contributed by atoms with E-state index in [1.165, 1.54) is 12.1 Å². The van der Waals surface area contributed by atoms with E-state index in [4.69, 9.17) is 27.5 Å². The molecule has 0 N–H and O–H groups in total. The minimum atomic E-state index is -3.90. The van der Waals surface area contributed by atoms with Gasteiger partial charge in [-0.2, -0.15) is 5.26 Å². The molecule has 74 valence electrons. The van der Waals surface area contributed by atoms with Gasteiger partial charge in [-0.1, -0.05) is 11.6 Å². The molecule has 0 aliphatic heterocycles. The van der Waals surface area contributed by atoms with E-state index in [9.17, 15) is 8.42 Å². The zero-order chi connectivity index (χ0) is 10.9. The molecule has 0 saturated heterocycles. The number of hydrogen-bond acceptors (Lipinski definition) is 3. The molecule has 0 aliphatic carbocycles. The summed E-state index contributed by atoms with van der Waals surface area (Å²) in [6, 6.07) is 4.31. The quantitative estimate of drug-likeness (QED) is 0.749. The van der Waals surface area contributed by atoms with Gasteiger partial charge in [-0.15, -0.1) is 0 Å². The summed E-state index contributed by atoms with van der Waals surface area (Å²) >= 11 is 8.58. The van der Waals surface area contributed by atoms with Crippen molar-refractivity contribution >= 4 is 47.3 Å². The number of rotatable bonds is 1. The molecule has 0 aliphatic rings. The average Bonchev–Trinajstić information content (AvgIpc) is 2.06. The van der Waals surface area contributed by atoms with Crippen LogP contribution in [-0.2, 0) is 9.05 Å². The van der Waals surface area contributed by atoms with E-state index in [2.05, 4.69) is 15.9 Å². The van der Waals surface area contributed by atoms with Gasteiger partial charge in [0, 0.05) is 15.7 Å². The minimum Gasteiger partial charge on any atom is -0.207 e. The normalized spacial score (nSPS) is 11.0. The second kappa shape index (κ2) is 4.07. The second-order valence-electron chi connectivity index (χ2n) is 2.32. The Morgan fingerprint density at radius 3 is 2.43 bits per heavy atom. The molecule has 0 unspecified atom stereocenters. The lowest BCUT2D eigenvalue weighted by Crippen LogP contribution is -1.94. The van der Waals surface area contributed by atoms with Crippen LogP contribution >= 0.6 is 38.2 Å². The van der Waals surface area contributed by atoms with Crippen molar-refractivity contribution in [2.24, 2.45) is 0 Å². The first-order valence-electron chi connectivity index (χ1n) is 3.20. The molecule has 1 rings (SSSR count). The van der Waals surface area contributed by atoms with Crippen molar-refractivity contribution in [1.29, 1.82) is 5.26 Å². The number of nitriles is 1. The first-order valence-corrected chi connectivity index (χ1v) is 6.68. The summed E-state index contributed by atoms with van der Waals surface area (Å²) in [6.07, 6.45) is 0. The highest BCUT2D eigenvalue weighted by Gasteiger charge is 2.18. The summed E-state index contributed by atoms with van der Waals surface area (Å²) in [5, 5.41) is 8.80. The van der Waals surface area contributed by atoms with Gasteiger partial charge >= 0.3 is 0 Å². The maximum absolute atomic E-state index is 11.0. The van der Waals surface area contributed by atoms with Gasteiger partial charge in [0.2, 0.25) is 0 Å². The fraction of sp³-hybridized carbons (Fsp3) is 0. The Balaban J connectivity index is 3.64. The van der Waals surface area contributed by atoms with Crippen molar-refractivity contribution in [3.05, 3.63) is 27.2 Å². The van der Waals surface area contributed by atoms with E-state index >= 15 is 0 Å². The minimum absolute atomic E-state index is 0.122. The van der Waals surface area contributed by atoms with E-state index in [1.54, 1.807) is 6.07 Å². The molecule has 0 atom stereocenters. The largest absolute Gasteiger partial charge is 0.262 e. The molecule has 0 spiro atoms. The average molecular weight is 315 g/mol. The smallest absolute Gasteiger partial charge is 0.207 e. The fourth-order valence-corrected chi connectivity index (χ4v) is 3.30. The molecule has 0 amide bonds. The maximum Gasteiger partial charge on any atom is 0.262 e. The van der Waals surface area contributed by atoms with Crippen LogP contribution in [0.4, 0.5) is 0 Å². The lowest BCUT2D eigenvalue weighted by atomic mass is 10.2. The zero-order valence-electron chi connectivity index (χ0n) is 6.46. The van der Waals surface area contributed by atoms with Crippen molar-refractivity contribution in [3.8, 4) is 6.07 Å². The topological polar surface area (TPSA) is 57.9 Å². The Bertz CT molecular complexity index is 521. The highest BCUT2D eigenvalue weighted by atomic mass is 79.9. The zero-order valence-corrected chi connectivity index (χ0v) is 10.4. The third-order valence-electron chi connectivity index (χ3n) is 1.39. The van der Waals surface area contributed by atoms with E-state index in [0.29, 0.717) is 0 Å². The van der Waals surface area contributed by atoms with E-state index in [-0.39, 0.29) is 20.0 Å². The number of nitrogens with zero attached hydrogens (tertiary/aromatic N) is 1. The van der Waals surface area contributed by atoms with E-state index < -0.39 is 9.05 Å². The Morgan fingerprint density at radius 1 is 1.43 bits per heavy atom. The standard InChI is InChI=1S/C7H2BrCl2NO2S/c8-7-4(3-11)1-5(9)2-6(7)14(10,12)13/h1-2H. The van der Waals surface area contributed by atoms with Crippen molar-refractivity contribution < 1.29 is 8.42 Å². The van der Waals surface area contributed by atoms with Crippen molar-refractivity contribution in [1.82, 2.24) is 0 Å². The Kier molecular flexibility index (Phi) is 3.43. The predicted molar refractivity (Wildman–Crippen MR) is 56.9 cm³/mol. The summed E-state index contributed by atoms with van der Waals surface area (Å²) in [4.78, 5) is -0.205. The predicted octanol–water partition coefficient (Wildman–Crippen LogP) is 2.90.